The molecule has 0 saturated heterocycles. The average Bonchev–Trinajstić information content (AvgIpc) is 2.05. The molecule has 0 atom stereocenters. The molecule has 0 spiro atoms. The molecule has 0 unspecified atom stereocenters. The van der Waals surface area contributed by atoms with Gasteiger partial charge < -0.3 is 4.74 Å². The third-order valence-electron chi connectivity index (χ3n) is 1.49. The Labute approximate surface area is 59.9 Å². The van der Waals surface area contributed by atoms with Gasteiger partial charge in [-0.25, -0.2) is 0 Å². The normalized spacial score (nSPS) is 14.0. The van der Waals surface area contributed by atoms with Crippen LogP contribution >= 0.6 is 0 Å². The quantitative estimate of drug-likeness (QED) is 0.522. The molecule has 10 heavy (non-hydrogen) atoms. The first-order chi connectivity index (χ1) is 4.97. The Morgan fingerprint density at radius 2 is 2.50 bits per heavy atom. The van der Waals surface area contributed by atoms with Gasteiger partial charge in [-0.3, -0.25) is 0 Å². The van der Waals surface area contributed by atoms with Crippen molar-refractivity contribution in [2.24, 2.45) is 0 Å². The van der Waals surface area contributed by atoms with Gasteiger partial charge in [0.1, 0.15) is 12.4 Å². The number of ether oxygens (including phenoxy) is 1. The smallest absolute Gasteiger partial charge is 0.127 e. The predicted molar refractivity (Wildman–Crippen MR) is 39.8 cm³/mol. The number of hydrogen-bond acceptors (Lipinski definition) is 1. The van der Waals surface area contributed by atoms with Gasteiger partial charge in [-0.05, 0) is 24.3 Å². The van der Waals surface area contributed by atoms with Crippen LogP contribution < -0.4 is 4.74 Å². The van der Waals surface area contributed by atoms with Gasteiger partial charge in [-0.1, -0.05) is 12.1 Å². The van der Waals surface area contributed by atoms with E-state index < -0.39 is 0 Å². The second-order valence-corrected chi connectivity index (χ2v) is 2.18. The summed E-state index contributed by atoms with van der Waals surface area (Å²) in [5.74, 6) is 0.959. The van der Waals surface area contributed by atoms with Crippen LogP contribution in [0.5, 0.6) is 5.75 Å². The van der Waals surface area contributed by atoms with Crippen molar-refractivity contribution < 1.29 is 4.74 Å². The maximum atomic E-state index is 5.32. The van der Waals surface area contributed by atoms with Crippen molar-refractivity contribution in [1.29, 1.82) is 0 Å². The molecule has 0 saturated carbocycles. The highest BCUT2D eigenvalue weighted by atomic mass is 16.5. The van der Waals surface area contributed by atoms with Crippen molar-refractivity contribution in [2.45, 2.75) is 0 Å². The van der Waals surface area contributed by atoms with Gasteiger partial charge in [0.25, 0.3) is 0 Å². The van der Waals surface area contributed by atoms with Gasteiger partial charge in [-0.2, -0.15) is 0 Å². The van der Waals surface area contributed by atoms with Crippen molar-refractivity contribution in [2.75, 3.05) is 6.61 Å². The summed E-state index contributed by atoms with van der Waals surface area (Å²) in [4.78, 5) is 0. The molecule has 1 nitrogen and oxygen atoms in total. The first kappa shape index (κ1) is 5.54. The fraction of sp³-hybridized carbons (Fsp3) is 0.111. The minimum Gasteiger partial charge on any atom is -0.489 e. The van der Waals surface area contributed by atoms with Crippen molar-refractivity contribution >= 4 is 6.08 Å². The molecule has 0 aliphatic carbocycles. The number of hydrogen-bond donors (Lipinski definition) is 0. The topological polar surface area (TPSA) is 9.23 Å². The summed E-state index contributed by atoms with van der Waals surface area (Å²) in [6, 6.07) is 8.70. The van der Waals surface area contributed by atoms with Crippen molar-refractivity contribution in [3.63, 3.8) is 0 Å². The number of fused-ring (bicyclic) bond motifs is 1. The summed E-state index contributed by atoms with van der Waals surface area (Å²) in [6.07, 6.45) is 4.05. The minimum absolute atomic E-state index is 0.691. The summed E-state index contributed by atoms with van der Waals surface area (Å²) in [5.41, 5.74) is 1.12. The van der Waals surface area contributed by atoms with Gasteiger partial charge in [0.2, 0.25) is 0 Å². The zero-order valence-electron chi connectivity index (χ0n) is 5.50. The molecule has 0 fully saturated rings. The highest BCUT2D eigenvalue weighted by Crippen LogP contribution is 2.21. The Kier molecular flexibility index (Phi) is 1.21. The summed E-state index contributed by atoms with van der Waals surface area (Å²) in [6.45, 7) is 0.691. The van der Waals surface area contributed by atoms with Gasteiger partial charge >= 0.3 is 0 Å². The molecule has 49 valence electrons. The molecule has 0 amide bonds. The second-order valence-electron chi connectivity index (χ2n) is 2.18. The van der Waals surface area contributed by atoms with E-state index in [1.54, 1.807) is 0 Å². The SMILES string of the molecule is [c]1ccc2c(c1)C=CCO2. The van der Waals surface area contributed by atoms with E-state index in [1.807, 2.05) is 24.3 Å². The van der Waals surface area contributed by atoms with E-state index in [9.17, 15) is 0 Å². The van der Waals surface area contributed by atoms with E-state index in [0.717, 1.165) is 11.3 Å². The Morgan fingerprint density at radius 1 is 1.50 bits per heavy atom. The molecule has 1 aliphatic rings. The van der Waals surface area contributed by atoms with E-state index in [4.69, 9.17) is 4.74 Å². The van der Waals surface area contributed by atoms with Gasteiger partial charge in [-0.15, -0.1) is 0 Å². The molecule has 0 bridgehead atoms. The number of benzene rings is 1. The van der Waals surface area contributed by atoms with Gasteiger partial charge in [0, 0.05) is 5.56 Å². The Morgan fingerprint density at radius 3 is 3.40 bits per heavy atom. The van der Waals surface area contributed by atoms with E-state index in [-0.39, 0.29) is 0 Å². The van der Waals surface area contributed by atoms with Crippen LogP contribution in [-0.4, -0.2) is 6.61 Å². The first-order valence-electron chi connectivity index (χ1n) is 3.26. The maximum Gasteiger partial charge on any atom is 0.127 e. The van der Waals surface area contributed by atoms with Gasteiger partial charge in [0.15, 0.2) is 0 Å². The fourth-order valence-electron chi connectivity index (χ4n) is 1.00. The van der Waals surface area contributed by atoms with Crippen LogP contribution in [0.15, 0.2) is 24.3 Å². The maximum absolute atomic E-state index is 5.32. The van der Waals surface area contributed by atoms with Crippen LogP contribution in [0.25, 0.3) is 6.08 Å². The average molecular weight is 131 g/mol. The summed E-state index contributed by atoms with van der Waals surface area (Å²) in [7, 11) is 0. The molecule has 0 aromatic heterocycles. The first-order valence-corrected chi connectivity index (χ1v) is 3.26. The minimum atomic E-state index is 0.691. The Hall–Kier alpha value is -1.24. The van der Waals surface area contributed by atoms with Crippen LogP contribution in [0.2, 0.25) is 0 Å². The van der Waals surface area contributed by atoms with E-state index >= 15 is 0 Å². The molecule has 1 aliphatic heterocycles. The largest absolute Gasteiger partial charge is 0.489 e. The lowest BCUT2D eigenvalue weighted by Gasteiger charge is -2.10. The molecular formula is C9H7O. The lowest BCUT2D eigenvalue weighted by molar-refractivity contribution is 0.358. The van der Waals surface area contributed by atoms with Crippen LogP contribution in [0, 0.1) is 6.07 Å². The van der Waals surface area contributed by atoms with Crippen LogP contribution in [-0.2, 0) is 0 Å². The summed E-state index contributed by atoms with van der Waals surface area (Å²) >= 11 is 0. The third-order valence-corrected chi connectivity index (χ3v) is 1.49. The Bertz CT molecular complexity index is 263. The molecule has 1 radical (unpaired) electrons. The predicted octanol–water partition coefficient (Wildman–Crippen LogP) is 1.89. The molecular weight excluding hydrogens is 124 g/mol. The van der Waals surface area contributed by atoms with Gasteiger partial charge in [0.05, 0.1) is 0 Å². The zero-order chi connectivity index (χ0) is 6.81. The standard InChI is InChI=1S/C9H7O/c1-2-6-9-8(4-1)5-3-7-10-9/h2-6H,7H2. The summed E-state index contributed by atoms with van der Waals surface area (Å²) in [5, 5.41) is 0. The van der Waals surface area contributed by atoms with E-state index in [2.05, 4.69) is 12.1 Å². The van der Waals surface area contributed by atoms with Crippen LogP contribution in [0.3, 0.4) is 0 Å². The second kappa shape index (κ2) is 2.18. The Balaban J connectivity index is 2.54. The third kappa shape index (κ3) is 0.798. The lowest BCUT2D eigenvalue weighted by Crippen LogP contribution is -1.98. The van der Waals surface area contributed by atoms with E-state index in [1.165, 1.54) is 0 Å². The monoisotopic (exact) mass is 131 g/mol. The van der Waals surface area contributed by atoms with Crippen molar-refractivity contribution in [1.82, 2.24) is 0 Å². The molecule has 1 aromatic rings. The molecule has 1 heterocycles. The molecule has 2 rings (SSSR count). The van der Waals surface area contributed by atoms with Crippen molar-refractivity contribution in [3.8, 4) is 5.75 Å². The lowest BCUT2D eigenvalue weighted by atomic mass is 10.1. The van der Waals surface area contributed by atoms with E-state index in [0.29, 0.717) is 6.61 Å². The highest BCUT2D eigenvalue weighted by molar-refractivity contribution is 5.58. The van der Waals surface area contributed by atoms with Crippen molar-refractivity contribution in [3.05, 3.63) is 35.9 Å². The number of rotatable bonds is 0. The zero-order valence-corrected chi connectivity index (χ0v) is 5.50. The molecule has 1 heteroatoms. The summed E-state index contributed by atoms with van der Waals surface area (Å²) < 4.78 is 5.32. The fourth-order valence-corrected chi connectivity index (χ4v) is 1.00. The van der Waals surface area contributed by atoms with Crippen LogP contribution in [0.4, 0.5) is 0 Å². The van der Waals surface area contributed by atoms with Crippen LogP contribution in [0.1, 0.15) is 5.56 Å². The molecule has 0 N–H and O–H groups in total. The molecule has 1 aromatic carbocycles. The highest BCUT2D eigenvalue weighted by Gasteiger charge is 2.01.